The second-order valence-corrected chi connectivity index (χ2v) is 8.05. The number of phenolic OH excluding ortho intramolecular Hbond substituents is 1. The maximum absolute atomic E-state index is 12.9. The normalized spacial score (nSPS) is 27.7. The molecular formula is C21H28O7. The summed E-state index contributed by atoms with van der Waals surface area (Å²) in [5.41, 5.74) is -1.34. The van der Waals surface area contributed by atoms with Gasteiger partial charge in [-0.1, -0.05) is 12.1 Å². The Bertz CT molecular complexity index is 743. The number of phenols is 1. The zero-order valence-corrected chi connectivity index (χ0v) is 16.8. The van der Waals surface area contributed by atoms with E-state index >= 15 is 0 Å². The number of rotatable bonds is 5. The highest BCUT2D eigenvalue weighted by Crippen LogP contribution is 2.47. The fourth-order valence-corrected chi connectivity index (χ4v) is 3.76. The van der Waals surface area contributed by atoms with E-state index in [0.717, 1.165) is 0 Å². The molecule has 0 radical (unpaired) electrons. The number of aliphatic hydroxyl groups is 1. The molecule has 4 atom stereocenters. The van der Waals surface area contributed by atoms with Crippen LogP contribution in [-0.2, 0) is 23.9 Å². The van der Waals surface area contributed by atoms with Gasteiger partial charge in [-0.05, 0) is 52.3 Å². The SMILES string of the molecule is CC(C)OC(=O)[C@@H]1C(=O)C[C@](C)(O)[C@H](C(=O)OC(C)C)[C@H]1c1cccc(O)c1. The van der Waals surface area contributed by atoms with Gasteiger partial charge in [0.15, 0.2) is 5.78 Å². The van der Waals surface area contributed by atoms with E-state index < -0.39 is 53.3 Å². The zero-order chi connectivity index (χ0) is 21.2. The first-order valence-corrected chi connectivity index (χ1v) is 9.39. The highest BCUT2D eigenvalue weighted by atomic mass is 16.5. The largest absolute Gasteiger partial charge is 0.508 e. The highest BCUT2D eigenvalue weighted by molar-refractivity contribution is 6.02. The zero-order valence-electron chi connectivity index (χ0n) is 16.8. The van der Waals surface area contributed by atoms with Gasteiger partial charge in [0.25, 0.3) is 0 Å². The molecule has 1 fully saturated rings. The van der Waals surface area contributed by atoms with Crippen LogP contribution in [0.4, 0.5) is 0 Å². The molecule has 0 spiro atoms. The minimum absolute atomic E-state index is 0.0814. The Hall–Kier alpha value is -2.41. The number of carbonyl (C=O) groups excluding carboxylic acids is 3. The lowest BCUT2D eigenvalue weighted by Crippen LogP contribution is -2.55. The fourth-order valence-electron chi connectivity index (χ4n) is 3.76. The van der Waals surface area contributed by atoms with Crippen molar-refractivity contribution in [3.05, 3.63) is 29.8 Å². The number of carbonyl (C=O) groups is 3. The second-order valence-electron chi connectivity index (χ2n) is 8.05. The van der Waals surface area contributed by atoms with Crippen molar-refractivity contribution in [2.75, 3.05) is 0 Å². The number of aromatic hydroxyl groups is 1. The quantitative estimate of drug-likeness (QED) is 0.584. The Morgan fingerprint density at radius 2 is 1.68 bits per heavy atom. The van der Waals surface area contributed by atoms with Crippen LogP contribution in [0.15, 0.2) is 24.3 Å². The van der Waals surface area contributed by atoms with Gasteiger partial charge in [-0.3, -0.25) is 14.4 Å². The topological polar surface area (TPSA) is 110 Å². The number of ether oxygens (including phenoxy) is 2. The number of benzene rings is 1. The summed E-state index contributed by atoms with van der Waals surface area (Å²) in [6.07, 6.45) is -1.27. The van der Waals surface area contributed by atoms with Gasteiger partial charge in [0.1, 0.15) is 11.7 Å². The van der Waals surface area contributed by atoms with Gasteiger partial charge in [-0.25, -0.2) is 0 Å². The van der Waals surface area contributed by atoms with Crippen LogP contribution < -0.4 is 0 Å². The van der Waals surface area contributed by atoms with Gasteiger partial charge in [-0.15, -0.1) is 0 Å². The molecule has 1 aromatic rings. The van der Waals surface area contributed by atoms with Gasteiger partial charge in [0.2, 0.25) is 0 Å². The number of Topliss-reactive ketones (excluding diaryl/α,β-unsaturated/α-hetero) is 1. The first-order chi connectivity index (χ1) is 12.9. The van der Waals surface area contributed by atoms with Crippen molar-refractivity contribution in [2.45, 2.75) is 64.8 Å². The minimum Gasteiger partial charge on any atom is -0.508 e. The lowest BCUT2D eigenvalue weighted by molar-refractivity contribution is -0.176. The number of hydrogen-bond acceptors (Lipinski definition) is 7. The summed E-state index contributed by atoms with van der Waals surface area (Å²) in [4.78, 5) is 38.4. The maximum atomic E-state index is 12.9. The van der Waals surface area contributed by atoms with E-state index in [1.807, 2.05) is 0 Å². The summed E-state index contributed by atoms with van der Waals surface area (Å²) in [6, 6.07) is 5.97. The lowest BCUT2D eigenvalue weighted by atomic mass is 9.61. The second kappa shape index (κ2) is 8.31. The standard InChI is InChI=1S/C21H28O7/c1-11(2)27-19(24)17-15(23)10-21(5,26)18(20(25)28-12(3)4)16(17)13-7-6-8-14(22)9-13/h6-9,11-12,16-18,22,26H,10H2,1-5H3/t16-,17+,18-,21-/m0/s1. The van der Waals surface area contributed by atoms with Crippen molar-refractivity contribution >= 4 is 17.7 Å². The van der Waals surface area contributed by atoms with E-state index in [2.05, 4.69) is 0 Å². The Morgan fingerprint density at radius 3 is 2.21 bits per heavy atom. The molecule has 2 N–H and O–H groups in total. The summed E-state index contributed by atoms with van der Waals surface area (Å²) in [5, 5.41) is 20.8. The third-order valence-corrected chi connectivity index (χ3v) is 4.73. The Labute approximate surface area is 164 Å². The molecule has 0 amide bonds. The maximum Gasteiger partial charge on any atom is 0.317 e. The van der Waals surface area contributed by atoms with Crippen LogP contribution in [0.3, 0.4) is 0 Å². The van der Waals surface area contributed by atoms with Gasteiger partial charge < -0.3 is 19.7 Å². The molecule has 0 saturated heterocycles. The third kappa shape index (κ3) is 4.70. The molecule has 1 aliphatic carbocycles. The molecule has 0 unspecified atom stereocenters. The van der Waals surface area contributed by atoms with Crippen LogP contribution in [-0.4, -0.2) is 45.7 Å². The summed E-state index contributed by atoms with van der Waals surface area (Å²) in [5.74, 6) is -5.55. The van der Waals surface area contributed by atoms with Crippen molar-refractivity contribution in [1.82, 2.24) is 0 Å². The van der Waals surface area contributed by atoms with Gasteiger partial charge in [0.05, 0.1) is 23.7 Å². The average Bonchev–Trinajstić information content (AvgIpc) is 2.51. The molecule has 0 aliphatic heterocycles. The molecule has 7 nitrogen and oxygen atoms in total. The van der Waals surface area contributed by atoms with Crippen molar-refractivity contribution in [2.24, 2.45) is 11.8 Å². The summed E-state index contributed by atoms with van der Waals surface area (Å²) in [7, 11) is 0. The van der Waals surface area contributed by atoms with Crippen LogP contribution in [0.25, 0.3) is 0 Å². The Kier molecular flexibility index (Phi) is 6.49. The van der Waals surface area contributed by atoms with Crippen molar-refractivity contribution in [3.8, 4) is 5.75 Å². The molecule has 1 aromatic carbocycles. The van der Waals surface area contributed by atoms with Crippen molar-refractivity contribution in [3.63, 3.8) is 0 Å². The smallest absolute Gasteiger partial charge is 0.317 e. The van der Waals surface area contributed by atoms with E-state index in [1.54, 1.807) is 39.8 Å². The van der Waals surface area contributed by atoms with E-state index in [-0.39, 0.29) is 12.2 Å². The molecule has 0 bridgehead atoms. The van der Waals surface area contributed by atoms with Crippen molar-refractivity contribution in [1.29, 1.82) is 0 Å². The van der Waals surface area contributed by atoms with E-state index in [1.165, 1.54) is 19.1 Å². The number of hydrogen-bond donors (Lipinski definition) is 2. The van der Waals surface area contributed by atoms with Crippen LogP contribution in [0.2, 0.25) is 0 Å². The molecule has 1 saturated carbocycles. The first-order valence-electron chi connectivity index (χ1n) is 9.39. The monoisotopic (exact) mass is 392 g/mol. The Balaban J connectivity index is 2.61. The summed E-state index contributed by atoms with van der Waals surface area (Å²) >= 11 is 0. The lowest BCUT2D eigenvalue weighted by Gasteiger charge is -2.44. The third-order valence-electron chi connectivity index (χ3n) is 4.73. The fraction of sp³-hybridized carbons (Fsp3) is 0.571. The average molecular weight is 392 g/mol. The molecule has 28 heavy (non-hydrogen) atoms. The molecule has 0 heterocycles. The van der Waals surface area contributed by atoms with Crippen LogP contribution in [0.5, 0.6) is 5.75 Å². The minimum atomic E-state index is -1.71. The van der Waals surface area contributed by atoms with Crippen molar-refractivity contribution < 1.29 is 34.1 Å². The highest BCUT2D eigenvalue weighted by Gasteiger charge is 2.57. The molecule has 154 valence electrons. The van der Waals surface area contributed by atoms with Gasteiger partial charge >= 0.3 is 11.9 Å². The molecule has 0 aromatic heterocycles. The molecule has 1 aliphatic rings. The van der Waals surface area contributed by atoms with E-state index in [9.17, 15) is 24.6 Å². The molecule has 2 rings (SSSR count). The first kappa shape index (κ1) is 21.9. The van der Waals surface area contributed by atoms with Crippen LogP contribution in [0.1, 0.15) is 52.5 Å². The number of esters is 2. The van der Waals surface area contributed by atoms with Crippen LogP contribution >= 0.6 is 0 Å². The Morgan fingerprint density at radius 1 is 1.11 bits per heavy atom. The van der Waals surface area contributed by atoms with E-state index in [0.29, 0.717) is 5.56 Å². The van der Waals surface area contributed by atoms with E-state index in [4.69, 9.17) is 9.47 Å². The predicted octanol–water partition coefficient (Wildman–Crippen LogP) is 2.34. The molecule has 7 heteroatoms. The van der Waals surface area contributed by atoms with Gasteiger partial charge in [0, 0.05) is 12.3 Å². The number of ketones is 1. The van der Waals surface area contributed by atoms with Crippen LogP contribution in [0, 0.1) is 11.8 Å². The predicted molar refractivity (Wildman–Crippen MR) is 101 cm³/mol. The summed E-state index contributed by atoms with van der Waals surface area (Å²) < 4.78 is 10.6. The van der Waals surface area contributed by atoms with Gasteiger partial charge in [-0.2, -0.15) is 0 Å². The molecular weight excluding hydrogens is 364 g/mol. The summed E-state index contributed by atoms with van der Waals surface area (Å²) in [6.45, 7) is 8.06.